The third-order valence-electron chi connectivity index (χ3n) is 5.24. The van der Waals surface area contributed by atoms with Crippen LogP contribution in [0.2, 0.25) is 0 Å². The quantitative estimate of drug-likeness (QED) is 0.130. The summed E-state index contributed by atoms with van der Waals surface area (Å²) in [6.07, 6.45) is 0.891. The number of benzene rings is 2. The second-order valence-corrected chi connectivity index (χ2v) is 13.0. The van der Waals surface area contributed by atoms with Crippen molar-refractivity contribution in [2.75, 3.05) is 42.0 Å². The molecule has 0 fully saturated rings. The number of rotatable bonds is 16. The van der Waals surface area contributed by atoms with Crippen LogP contribution in [0.5, 0.6) is 11.5 Å². The molecule has 0 saturated carbocycles. The molecule has 0 amide bonds. The summed E-state index contributed by atoms with van der Waals surface area (Å²) in [6, 6.07) is 16.7. The second-order valence-electron chi connectivity index (χ2n) is 8.04. The van der Waals surface area contributed by atoms with Crippen molar-refractivity contribution in [1.82, 2.24) is 0 Å². The van der Waals surface area contributed by atoms with Crippen LogP contribution in [0.25, 0.3) is 0 Å². The monoisotopic (exact) mass is 560 g/mol. The van der Waals surface area contributed by atoms with E-state index < -0.39 is 0 Å². The minimum Gasteiger partial charge on any atom is -0.493 e. The fourth-order valence-electron chi connectivity index (χ4n) is 3.34. The van der Waals surface area contributed by atoms with Gasteiger partial charge in [-0.25, -0.2) is 0 Å². The van der Waals surface area contributed by atoms with Crippen molar-refractivity contribution in [1.29, 1.82) is 0 Å². The summed E-state index contributed by atoms with van der Waals surface area (Å²) in [5, 5.41) is 0.369. The maximum Gasteiger partial charge on any atom is 0.123 e. The van der Waals surface area contributed by atoms with E-state index in [4.69, 9.17) is 9.47 Å². The molecule has 33 heavy (non-hydrogen) atoms. The Hall–Kier alpha value is 0.140. The van der Waals surface area contributed by atoms with Crippen LogP contribution in [0.4, 0.5) is 0 Å². The Morgan fingerprint density at radius 2 is 1.55 bits per heavy atom. The van der Waals surface area contributed by atoms with Gasteiger partial charge in [-0.2, -0.15) is 62.3 Å². The lowest BCUT2D eigenvalue weighted by molar-refractivity contribution is 0.309. The van der Waals surface area contributed by atoms with E-state index in [-0.39, 0.29) is 10.00 Å². The van der Waals surface area contributed by atoms with E-state index >= 15 is 0 Å². The molecule has 0 N–H and O–H groups in total. The van der Waals surface area contributed by atoms with Crippen molar-refractivity contribution in [3.8, 4) is 11.5 Å². The average Bonchev–Trinajstić information content (AvgIpc) is 2.83. The average molecular weight is 561 g/mol. The largest absolute Gasteiger partial charge is 0.493 e. The Bertz CT molecular complexity index is 800. The van der Waals surface area contributed by atoms with Gasteiger partial charge >= 0.3 is 0 Å². The highest BCUT2D eigenvalue weighted by Crippen LogP contribution is 2.38. The normalized spacial score (nSPS) is 13.5. The molecule has 0 saturated heterocycles. The zero-order valence-corrected chi connectivity index (χ0v) is 24.6. The number of para-hydroxylation sites is 1. The molecule has 2 aromatic carbocycles. The number of hydrogen-bond donors (Lipinski definition) is 4. The van der Waals surface area contributed by atoms with Gasteiger partial charge in [0.25, 0.3) is 0 Å². The molecular formula is C25H36O2S6. The van der Waals surface area contributed by atoms with Crippen molar-refractivity contribution in [2.24, 2.45) is 0 Å². The summed E-state index contributed by atoms with van der Waals surface area (Å²) in [4.78, 5) is 0. The Morgan fingerprint density at radius 3 is 2.21 bits per heavy atom. The first-order valence-corrected chi connectivity index (χ1v) is 15.6. The Labute approximate surface area is 230 Å². The Morgan fingerprint density at radius 1 is 0.879 bits per heavy atom. The van der Waals surface area contributed by atoms with E-state index in [9.17, 15) is 0 Å². The third kappa shape index (κ3) is 9.96. The van der Waals surface area contributed by atoms with E-state index in [1.807, 2.05) is 29.6 Å². The molecule has 2 nitrogen and oxygen atoms in total. The van der Waals surface area contributed by atoms with Crippen molar-refractivity contribution < 1.29 is 9.47 Å². The first kappa shape index (κ1) is 29.4. The van der Waals surface area contributed by atoms with E-state index in [2.05, 4.69) is 107 Å². The number of thioether (sulfide) groups is 2. The molecule has 2 atom stereocenters. The lowest BCUT2D eigenvalue weighted by Crippen LogP contribution is -2.21. The highest BCUT2D eigenvalue weighted by atomic mass is 32.2. The topological polar surface area (TPSA) is 18.5 Å². The predicted molar refractivity (Wildman–Crippen MR) is 164 cm³/mol. The lowest BCUT2D eigenvalue weighted by Gasteiger charge is -2.28. The maximum atomic E-state index is 6.21. The van der Waals surface area contributed by atoms with Gasteiger partial charge in [0, 0.05) is 39.9 Å². The molecular weight excluding hydrogens is 525 g/mol. The molecule has 0 spiro atoms. The minimum atomic E-state index is -0.202. The number of ether oxygens (including phenoxy) is 2. The zero-order valence-electron chi connectivity index (χ0n) is 19.4. The van der Waals surface area contributed by atoms with Crippen LogP contribution in [-0.4, -0.2) is 51.8 Å². The van der Waals surface area contributed by atoms with Gasteiger partial charge in [0.2, 0.25) is 0 Å². The van der Waals surface area contributed by atoms with Gasteiger partial charge in [-0.05, 0) is 35.3 Å². The summed E-state index contributed by atoms with van der Waals surface area (Å²) in [7, 11) is 0. The van der Waals surface area contributed by atoms with Crippen LogP contribution in [0.1, 0.15) is 31.4 Å². The summed E-state index contributed by atoms with van der Waals surface area (Å²) in [6.45, 7) is 5.77. The summed E-state index contributed by atoms with van der Waals surface area (Å²) in [5.74, 6) is 6.36. The van der Waals surface area contributed by atoms with Crippen molar-refractivity contribution >= 4 is 74.0 Å². The molecule has 0 bridgehead atoms. The molecule has 0 aromatic heterocycles. The van der Waals surface area contributed by atoms with Crippen LogP contribution in [0.3, 0.4) is 0 Å². The van der Waals surface area contributed by atoms with Crippen molar-refractivity contribution in [3.05, 3.63) is 59.7 Å². The molecule has 2 aromatic rings. The number of thiol groups is 4. The van der Waals surface area contributed by atoms with Crippen LogP contribution in [-0.2, 0) is 5.41 Å². The van der Waals surface area contributed by atoms with Gasteiger partial charge in [-0.15, -0.1) is 11.8 Å². The molecule has 0 aliphatic heterocycles. The van der Waals surface area contributed by atoms with Crippen molar-refractivity contribution in [2.45, 2.75) is 35.5 Å². The summed E-state index contributed by atoms with van der Waals surface area (Å²) >= 11 is 21.3. The zero-order chi connectivity index (χ0) is 24.1. The van der Waals surface area contributed by atoms with Crippen molar-refractivity contribution in [3.63, 3.8) is 0 Å². The van der Waals surface area contributed by atoms with Crippen LogP contribution < -0.4 is 9.47 Å². The SMILES string of the molecule is CC(C)(c1ccc(OCC(CS)SCCS)cc1)c1ccccc1OCCC(S)SCCS. The minimum absolute atomic E-state index is 0.202. The predicted octanol–water partition coefficient (Wildman–Crippen LogP) is 7.04. The molecule has 8 heteroatoms. The smallest absolute Gasteiger partial charge is 0.123 e. The van der Waals surface area contributed by atoms with E-state index in [1.54, 1.807) is 0 Å². The van der Waals surface area contributed by atoms with Gasteiger partial charge in [-0.1, -0.05) is 44.2 Å². The summed E-state index contributed by atoms with van der Waals surface area (Å²) < 4.78 is 12.5. The van der Waals surface area contributed by atoms with E-state index in [0.717, 1.165) is 46.7 Å². The molecule has 0 radical (unpaired) electrons. The molecule has 184 valence electrons. The number of hydrogen-bond acceptors (Lipinski definition) is 8. The van der Waals surface area contributed by atoms with Gasteiger partial charge in [0.05, 0.1) is 11.2 Å². The summed E-state index contributed by atoms with van der Waals surface area (Å²) in [5.41, 5.74) is 2.19. The van der Waals surface area contributed by atoms with Gasteiger partial charge < -0.3 is 9.47 Å². The molecule has 2 unspecified atom stereocenters. The fourth-order valence-corrected chi connectivity index (χ4v) is 6.16. The van der Waals surface area contributed by atoms with Gasteiger partial charge in [-0.3, -0.25) is 0 Å². The molecule has 0 aliphatic carbocycles. The van der Waals surface area contributed by atoms with Crippen LogP contribution in [0.15, 0.2) is 48.5 Å². The fraction of sp³-hybridized carbons (Fsp3) is 0.520. The van der Waals surface area contributed by atoms with Crippen LogP contribution in [0, 0.1) is 0 Å². The Kier molecular flexibility index (Phi) is 14.2. The van der Waals surface area contributed by atoms with Gasteiger partial charge in [0.1, 0.15) is 18.1 Å². The molecule has 2 rings (SSSR count). The first-order chi connectivity index (χ1) is 15.9. The highest BCUT2D eigenvalue weighted by molar-refractivity contribution is 8.10. The maximum absolute atomic E-state index is 6.21. The second kappa shape index (κ2) is 16.0. The standard InChI is InChI=1S/C25H36O2S6/c1-25(2,19-7-9-20(10-8-19)27-17-21(18-30)32-15-13-28)22-5-3-4-6-23(22)26-12-11-24(31)33-16-14-29/h3-10,21,24,28-31H,11-18H2,1-2H3. The highest BCUT2D eigenvalue weighted by Gasteiger charge is 2.26. The lowest BCUT2D eigenvalue weighted by atomic mass is 9.77. The van der Waals surface area contributed by atoms with Gasteiger partial charge in [0.15, 0.2) is 0 Å². The molecule has 0 heterocycles. The third-order valence-corrected chi connectivity index (χ3v) is 9.96. The molecule has 0 aliphatic rings. The first-order valence-electron chi connectivity index (χ1n) is 11.1. The van der Waals surface area contributed by atoms with E-state index in [0.29, 0.717) is 18.5 Å². The van der Waals surface area contributed by atoms with Crippen LogP contribution >= 0.6 is 74.0 Å². The Balaban J connectivity index is 2.02. The van der Waals surface area contributed by atoms with E-state index in [1.165, 1.54) is 11.1 Å².